The summed E-state index contributed by atoms with van der Waals surface area (Å²) in [6, 6.07) is 4.74. The maximum atomic E-state index is 12.2. The normalized spacial score (nSPS) is 11.4. The highest BCUT2D eigenvalue weighted by atomic mass is 32.2. The van der Waals surface area contributed by atoms with Crippen LogP contribution in [0.4, 0.5) is 0 Å². The Labute approximate surface area is 108 Å². The standard InChI is InChI=1S/C12H17N3O2S/c1-3-4-5-9-15(2)18(16,17)12-7-6-8-14-11(12)10-13/h6-8H,3-5,9H2,1-2H3. The molecule has 0 saturated heterocycles. The lowest BCUT2D eigenvalue weighted by molar-refractivity contribution is 0.454. The Morgan fingerprint density at radius 1 is 1.44 bits per heavy atom. The number of hydrogen-bond donors (Lipinski definition) is 0. The van der Waals surface area contributed by atoms with Crippen LogP contribution in [0.15, 0.2) is 23.2 Å². The lowest BCUT2D eigenvalue weighted by Gasteiger charge is -2.17. The summed E-state index contributed by atoms with van der Waals surface area (Å²) in [5.41, 5.74) is -0.0557. The van der Waals surface area contributed by atoms with Gasteiger partial charge in [-0.2, -0.15) is 5.26 Å². The van der Waals surface area contributed by atoms with Crippen molar-refractivity contribution in [3.05, 3.63) is 24.0 Å². The molecule has 0 aliphatic carbocycles. The molecule has 0 aliphatic heterocycles. The van der Waals surface area contributed by atoms with Gasteiger partial charge in [0.25, 0.3) is 0 Å². The van der Waals surface area contributed by atoms with Crippen molar-refractivity contribution in [2.45, 2.75) is 31.1 Å². The van der Waals surface area contributed by atoms with Crippen LogP contribution in [-0.2, 0) is 10.0 Å². The van der Waals surface area contributed by atoms with E-state index in [1.54, 1.807) is 6.07 Å². The van der Waals surface area contributed by atoms with Gasteiger partial charge in [0, 0.05) is 19.8 Å². The molecule has 1 aromatic heterocycles. The number of unbranched alkanes of at least 4 members (excludes halogenated alkanes) is 2. The van der Waals surface area contributed by atoms with E-state index in [-0.39, 0.29) is 10.6 Å². The Bertz CT molecular complexity index is 534. The van der Waals surface area contributed by atoms with Crippen LogP contribution in [0.1, 0.15) is 31.9 Å². The van der Waals surface area contributed by atoms with Crippen LogP contribution < -0.4 is 0 Å². The Kier molecular flexibility index (Phi) is 5.25. The largest absolute Gasteiger partial charge is 0.245 e. The Hall–Kier alpha value is -1.45. The van der Waals surface area contributed by atoms with Crippen molar-refractivity contribution in [1.82, 2.24) is 9.29 Å². The van der Waals surface area contributed by atoms with Crippen LogP contribution in [0, 0.1) is 11.3 Å². The molecular formula is C12H17N3O2S. The topological polar surface area (TPSA) is 74.1 Å². The monoisotopic (exact) mass is 267 g/mol. The smallest absolute Gasteiger partial charge is 0.244 e. The Morgan fingerprint density at radius 3 is 2.78 bits per heavy atom. The second-order valence-corrected chi connectivity index (χ2v) is 6.01. The second kappa shape index (κ2) is 6.47. The van der Waals surface area contributed by atoms with E-state index in [9.17, 15) is 8.42 Å². The van der Waals surface area contributed by atoms with Crippen molar-refractivity contribution >= 4 is 10.0 Å². The minimum Gasteiger partial charge on any atom is -0.244 e. The molecule has 1 aromatic rings. The average Bonchev–Trinajstić information content (AvgIpc) is 2.38. The van der Waals surface area contributed by atoms with Crippen LogP contribution in [0.25, 0.3) is 0 Å². The molecule has 0 atom stereocenters. The van der Waals surface area contributed by atoms with Crippen molar-refractivity contribution in [3.8, 4) is 6.07 Å². The molecule has 0 radical (unpaired) electrons. The van der Waals surface area contributed by atoms with Gasteiger partial charge in [0.15, 0.2) is 5.69 Å². The van der Waals surface area contributed by atoms with Crippen LogP contribution >= 0.6 is 0 Å². The molecular weight excluding hydrogens is 250 g/mol. The number of nitrogens with zero attached hydrogens (tertiary/aromatic N) is 3. The highest BCUT2D eigenvalue weighted by Crippen LogP contribution is 2.17. The number of aromatic nitrogens is 1. The number of pyridine rings is 1. The highest BCUT2D eigenvalue weighted by Gasteiger charge is 2.23. The first kappa shape index (κ1) is 14.6. The predicted molar refractivity (Wildman–Crippen MR) is 68.3 cm³/mol. The quantitative estimate of drug-likeness (QED) is 0.736. The first-order valence-corrected chi connectivity index (χ1v) is 7.29. The van der Waals surface area contributed by atoms with E-state index < -0.39 is 10.0 Å². The van der Waals surface area contributed by atoms with E-state index >= 15 is 0 Å². The van der Waals surface area contributed by atoms with Crippen molar-refractivity contribution in [1.29, 1.82) is 5.26 Å². The summed E-state index contributed by atoms with van der Waals surface area (Å²) in [6.45, 7) is 2.51. The highest BCUT2D eigenvalue weighted by molar-refractivity contribution is 7.89. The third-order valence-electron chi connectivity index (χ3n) is 2.64. The molecule has 1 heterocycles. The van der Waals surface area contributed by atoms with Gasteiger partial charge < -0.3 is 0 Å². The molecule has 98 valence electrons. The predicted octanol–water partition coefficient (Wildman–Crippen LogP) is 1.76. The van der Waals surface area contributed by atoms with Crippen molar-refractivity contribution < 1.29 is 8.42 Å². The van der Waals surface area contributed by atoms with Gasteiger partial charge >= 0.3 is 0 Å². The fraction of sp³-hybridized carbons (Fsp3) is 0.500. The second-order valence-electron chi connectivity index (χ2n) is 4.00. The van der Waals surface area contributed by atoms with E-state index in [4.69, 9.17) is 5.26 Å². The number of nitriles is 1. The van der Waals surface area contributed by atoms with Crippen molar-refractivity contribution in [3.63, 3.8) is 0 Å². The number of hydrogen-bond acceptors (Lipinski definition) is 4. The molecule has 0 N–H and O–H groups in total. The fourth-order valence-electron chi connectivity index (χ4n) is 1.56. The van der Waals surface area contributed by atoms with Crippen LogP contribution in [0.2, 0.25) is 0 Å². The molecule has 0 bridgehead atoms. The SMILES string of the molecule is CCCCCN(C)S(=O)(=O)c1cccnc1C#N. The molecule has 0 saturated carbocycles. The van der Waals surface area contributed by atoms with Crippen LogP contribution in [0.5, 0.6) is 0 Å². The molecule has 1 rings (SSSR count). The zero-order valence-corrected chi connectivity index (χ0v) is 11.4. The maximum absolute atomic E-state index is 12.2. The van der Waals surface area contributed by atoms with Gasteiger partial charge in [-0.15, -0.1) is 0 Å². The van der Waals surface area contributed by atoms with Crippen molar-refractivity contribution in [2.75, 3.05) is 13.6 Å². The Morgan fingerprint density at radius 2 is 2.17 bits per heavy atom. The fourth-order valence-corrected chi connectivity index (χ4v) is 2.85. The third-order valence-corrected chi connectivity index (χ3v) is 4.53. The summed E-state index contributed by atoms with van der Waals surface area (Å²) in [5, 5.41) is 8.88. The molecule has 18 heavy (non-hydrogen) atoms. The summed E-state index contributed by atoms with van der Waals surface area (Å²) in [4.78, 5) is 3.75. The molecule has 0 aliphatic rings. The van der Waals surface area contributed by atoms with Crippen LogP contribution in [-0.4, -0.2) is 31.3 Å². The van der Waals surface area contributed by atoms with Gasteiger partial charge in [0.05, 0.1) is 0 Å². The van der Waals surface area contributed by atoms with Crippen LogP contribution in [0.3, 0.4) is 0 Å². The van der Waals surface area contributed by atoms with E-state index in [1.165, 1.54) is 29.7 Å². The van der Waals surface area contributed by atoms with E-state index in [1.807, 2.05) is 0 Å². The lowest BCUT2D eigenvalue weighted by Crippen LogP contribution is -2.28. The maximum Gasteiger partial charge on any atom is 0.245 e. The molecule has 0 amide bonds. The summed E-state index contributed by atoms with van der Waals surface area (Å²) in [6.07, 6.45) is 4.24. The molecule has 6 heteroatoms. The lowest BCUT2D eigenvalue weighted by atomic mass is 10.2. The van der Waals surface area contributed by atoms with Gasteiger partial charge in [-0.1, -0.05) is 19.8 Å². The third kappa shape index (κ3) is 3.28. The average molecular weight is 267 g/mol. The number of sulfonamides is 1. The first-order valence-electron chi connectivity index (χ1n) is 5.85. The summed E-state index contributed by atoms with van der Waals surface area (Å²) in [7, 11) is -2.09. The first-order chi connectivity index (χ1) is 8.54. The minimum absolute atomic E-state index is 0.0218. The summed E-state index contributed by atoms with van der Waals surface area (Å²) >= 11 is 0. The minimum atomic E-state index is -3.61. The van der Waals surface area contributed by atoms with E-state index in [0.717, 1.165) is 19.3 Å². The van der Waals surface area contributed by atoms with Gasteiger partial charge in [0.2, 0.25) is 10.0 Å². The van der Waals surface area contributed by atoms with Gasteiger partial charge in [-0.25, -0.2) is 17.7 Å². The summed E-state index contributed by atoms with van der Waals surface area (Å²) < 4.78 is 25.8. The number of rotatable bonds is 6. The van der Waals surface area contributed by atoms with Crippen molar-refractivity contribution in [2.24, 2.45) is 0 Å². The molecule has 0 spiro atoms. The van der Waals surface area contributed by atoms with E-state index in [0.29, 0.717) is 6.54 Å². The molecule has 5 nitrogen and oxygen atoms in total. The molecule has 0 aromatic carbocycles. The van der Waals surface area contributed by atoms with Gasteiger partial charge in [0.1, 0.15) is 11.0 Å². The Balaban J connectivity index is 2.96. The molecule has 0 fully saturated rings. The van der Waals surface area contributed by atoms with E-state index in [2.05, 4.69) is 11.9 Å². The van der Waals surface area contributed by atoms with Gasteiger partial charge in [-0.3, -0.25) is 0 Å². The summed E-state index contributed by atoms with van der Waals surface area (Å²) in [5.74, 6) is 0. The van der Waals surface area contributed by atoms with Gasteiger partial charge in [-0.05, 0) is 18.6 Å². The molecule has 0 unspecified atom stereocenters. The zero-order valence-electron chi connectivity index (χ0n) is 10.6. The zero-order chi connectivity index (χ0) is 13.6.